The summed E-state index contributed by atoms with van der Waals surface area (Å²) in [5, 5.41) is 20.5. The second kappa shape index (κ2) is 10.9. The molecule has 5 aliphatic rings. The molecular weight excluding hydrogens is 576 g/mol. The average Bonchev–Trinajstić information content (AvgIpc) is 2.98. The molecule has 5 aliphatic carbocycles. The Labute approximate surface area is 276 Å². The number of carbonyl (C=O) groups is 2. The predicted octanol–water partition coefficient (Wildman–Crippen LogP) is 9.21. The number of hydrogen-bond acceptors (Lipinski definition) is 5. The van der Waals surface area contributed by atoms with Crippen LogP contribution in [0.3, 0.4) is 0 Å². The van der Waals surface area contributed by atoms with Gasteiger partial charge in [0.25, 0.3) is 0 Å². The molecule has 6 nitrogen and oxygen atoms in total. The zero-order valence-electron chi connectivity index (χ0n) is 29.4. The van der Waals surface area contributed by atoms with Crippen molar-refractivity contribution in [3.63, 3.8) is 0 Å². The maximum Gasteiger partial charge on any atom is 0.331 e. The smallest absolute Gasteiger partial charge is 0.331 e. The van der Waals surface area contributed by atoms with Crippen molar-refractivity contribution in [3.8, 4) is 11.5 Å². The first-order chi connectivity index (χ1) is 21.4. The summed E-state index contributed by atoms with van der Waals surface area (Å²) in [7, 11) is 1.50. The van der Waals surface area contributed by atoms with Gasteiger partial charge < -0.3 is 19.7 Å². The number of phenolic OH excluding ortho intramolecular Hbond substituents is 1. The van der Waals surface area contributed by atoms with Gasteiger partial charge in [0.1, 0.15) is 6.10 Å². The monoisotopic (exact) mass is 632 g/mol. The molecular formula is C40H56O6. The van der Waals surface area contributed by atoms with E-state index in [0.29, 0.717) is 17.6 Å². The van der Waals surface area contributed by atoms with E-state index in [9.17, 15) is 19.8 Å². The fourth-order valence-electron chi connectivity index (χ4n) is 12.0. The first-order valence-electron chi connectivity index (χ1n) is 17.6. The van der Waals surface area contributed by atoms with Gasteiger partial charge in [-0.1, -0.05) is 66.2 Å². The Morgan fingerprint density at radius 3 is 2.33 bits per heavy atom. The summed E-state index contributed by atoms with van der Waals surface area (Å²) in [5.41, 5.74) is 1.80. The Balaban J connectivity index is 1.24. The van der Waals surface area contributed by atoms with E-state index >= 15 is 0 Å². The Morgan fingerprint density at radius 1 is 0.913 bits per heavy atom. The number of esters is 1. The highest BCUT2D eigenvalue weighted by Crippen LogP contribution is 2.75. The molecule has 46 heavy (non-hydrogen) atoms. The SMILES string of the molecule is COc1cc(C=CC(=O)O[C@H]2CC[C@]3(C)[C@H]4CC=C5[C@@H]6CC(C)(C)CC[C@]6(C(=O)O)CC[C@@]5(C)[C@]4(C)CC[C@H]3C2(C)C)ccc1O. The van der Waals surface area contributed by atoms with Crippen LogP contribution in [0.5, 0.6) is 11.5 Å². The van der Waals surface area contributed by atoms with Crippen LogP contribution in [0.1, 0.15) is 118 Å². The number of aliphatic carboxylic acids is 1. The third-order valence-corrected chi connectivity index (χ3v) is 14.9. The van der Waals surface area contributed by atoms with Crippen LogP contribution in [-0.4, -0.2) is 35.4 Å². The number of fused-ring (bicyclic) bond motifs is 7. The number of rotatable bonds is 5. The lowest BCUT2D eigenvalue weighted by molar-refractivity contribution is -0.212. The third-order valence-electron chi connectivity index (χ3n) is 14.9. The summed E-state index contributed by atoms with van der Waals surface area (Å²) in [6, 6.07) is 4.99. The van der Waals surface area contributed by atoms with Gasteiger partial charge in [-0.25, -0.2) is 4.79 Å². The quantitative estimate of drug-likeness (QED) is 0.191. The standard InChI is InChI=1S/C40H56O6/c1-35(2)19-21-40(34(43)44)22-20-38(6)26(27(40)24-35)11-13-31-37(5)17-16-32(36(3,4)30(37)15-18-39(31,38)7)46-33(42)14-10-25-9-12-28(41)29(23-25)45-8/h9-12,14,23,27,30-32,41H,13,15-22,24H2,1-8H3,(H,43,44)/t27-,30-,31+,32-,37-,38+,39+,40-/m0/s1. The zero-order valence-corrected chi connectivity index (χ0v) is 29.4. The third kappa shape index (κ3) is 4.78. The summed E-state index contributed by atoms with van der Waals surface area (Å²) in [6.45, 7) is 16.8. The molecule has 0 unspecified atom stereocenters. The van der Waals surface area contributed by atoms with E-state index in [1.807, 2.05) is 0 Å². The van der Waals surface area contributed by atoms with E-state index in [0.717, 1.165) is 69.8 Å². The summed E-state index contributed by atoms with van der Waals surface area (Å²) < 4.78 is 11.4. The first-order valence-corrected chi connectivity index (χ1v) is 17.6. The lowest BCUT2D eigenvalue weighted by Gasteiger charge is -2.71. The summed E-state index contributed by atoms with van der Waals surface area (Å²) in [6.07, 6.45) is 15.1. The molecule has 8 atom stereocenters. The number of benzene rings is 1. The molecule has 0 heterocycles. The number of carboxylic acids is 1. The number of allylic oxidation sites excluding steroid dienone is 2. The lowest BCUT2D eigenvalue weighted by atomic mass is 9.33. The van der Waals surface area contributed by atoms with E-state index in [1.54, 1.807) is 24.3 Å². The van der Waals surface area contributed by atoms with Gasteiger partial charge in [0.05, 0.1) is 12.5 Å². The molecule has 0 amide bonds. The van der Waals surface area contributed by atoms with E-state index in [-0.39, 0.29) is 50.8 Å². The number of methoxy groups -OCH3 is 1. The lowest BCUT2D eigenvalue weighted by Crippen LogP contribution is -2.65. The van der Waals surface area contributed by atoms with Gasteiger partial charge in [0.15, 0.2) is 11.5 Å². The maximum atomic E-state index is 13.1. The largest absolute Gasteiger partial charge is 0.504 e. The Hall–Kier alpha value is -2.76. The average molecular weight is 633 g/mol. The highest BCUT2D eigenvalue weighted by atomic mass is 16.5. The molecule has 0 aromatic heterocycles. The molecule has 1 aromatic rings. The highest BCUT2D eigenvalue weighted by Gasteiger charge is 2.69. The second-order valence-corrected chi connectivity index (χ2v) is 17.7. The van der Waals surface area contributed by atoms with Crippen molar-refractivity contribution in [1.29, 1.82) is 0 Å². The van der Waals surface area contributed by atoms with Crippen molar-refractivity contribution in [1.82, 2.24) is 0 Å². The molecule has 6 heteroatoms. The van der Waals surface area contributed by atoms with Crippen molar-refractivity contribution in [2.75, 3.05) is 7.11 Å². The summed E-state index contributed by atoms with van der Waals surface area (Å²) in [4.78, 5) is 26.1. The number of ether oxygens (including phenoxy) is 2. The molecule has 2 N–H and O–H groups in total. The van der Waals surface area contributed by atoms with Crippen molar-refractivity contribution in [2.45, 2.75) is 119 Å². The van der Waals surface area contributed by atoms with Crippen molar-refractivity contribution in [3.05, 3.63) is 41.5 Å². The molecule has 4 saturated carbocycles. The van der Waals surface area contributed by atoms with E-state index in [2.05, 4.69) is 54.5 Å². The maximum absolute atomic E-state index is 13.1. The number of aromatic hydroxyl groups is 1. The molecule has 0 spiro atoms. The highest BCUT2D eigenvalue weighted by molar-refractivity contribution is 5.87. The minimum Gasteiger partial charge on any atom is -0.504 e. The van der Waals surface area contributed by atoms with Gasteiger partial charge in [-0.2, -0.15) is 0 Å². The molecule has 0 radical (unpaired) electrons. The minimum atomic E-state index is -0.613. The van der Waals surface area contributed by atoms with Gasteiger partial charge in [-0.05, 0) is 127 Å². The van der Waals surface area contributed by atoms with Crippen LogP contribution in [0.4, 0.5) is 0 Å². The molecule has 4 fully saturated rings. The molecule has 6 rings (SSSR count). The molecule has 1 aromatic carbocycles. The van der Waals surface area contributed by atoms with Gasteiger partial charge in [0, 0.05) is 11.5 Å². The minimum absolute atomic E-state index is 0.00387. The number of phenols is 1. The van der Waals surface area contributed by atoms with Crippen LogP contribution in [0.2, 0.25) is 0 Å². The van der Waals surface area contributed by atoms with Crippen molar-refractivity contribution >= 4 is 18.0 Å². The molecule has 252 valence electrons. The van der Waals surface area contributed by atoms with E-state index < -0.39 is 11.4 Å². The Morgan fingerprint density at radius 2 is 1.63 bits per heavy atom. The van der Waals surface area contributed by atoms with Crippen LogP contribution < -0.4 is 4.74 Å². The van der Waals surface area contributed by atoms with Crippen molar-refractivity contribution < 1.29 is 29.3 Å². The van der Waals surface area contributed by atoms with Gasteiger partial charge in [0.2, 0.25) is 0 Å². The summed E-state index contributed by atoms with van der Waals surface area (Å²) >= 11 is 0. The molecule has 0 bridgehead atoms. The number of carbonyl (C=O) groups excluding carboxylic acids is 1. The molecule has 0 aliphatic heterocycles. The van der Waals surface area contributed by atoms with Gasteiger partial charge in [-0.15, -0.1) is 0 Å². The Kier molecular flexibility index (Phi) is 7.84. The number of carboxylic acid groups (broad SMARTS) is 1. The zero-order chi connectivity index (χ0) is 33.5. The topological polar surface area (TPSA) is 93.1 Å². The van der Waals surface area contributed by atoms with Crippen LogP contribution in [0, 0.1) is 50.2 Å². The van der Waals surface area contributed by atoms with E-state index in [4.69, 9.17) is 9.47 Å². The van der Waals surface area contributed by atoms with Crippen LogP contribution in [-0.2, 0) is 14.3 Å². The van der Waals surface area contributed by atoms with Gasteiger partial charge >= 0.3 is 11.9 Å². The van der Waals surface area contributed by atoms with Crippen LogP contribution in [0.15, 0.2) is 35.9 Å². The normalized spacial score (nSPS) is 40.8. The second-order valence-electron chi connectivity index (χ2n) is 17.7. The van der Waals surface area contributed by atoms with Gasteiger partial charge in [-0.3, -0.25) is 4.79 Å². The van der Waals surface area contributed by atoms with Crippen molar-refractivity contribution in [2.24, 2.45) is 50.2 Å². The predicted molar refractivity (Wildman–Crippen MR) is 180 cm³/mol. The van der Waals surface area contributed by atoms with Crippen LogP contribution in [0.25, 0.3) is 6.08 Å². The fourth-order valence-corrected chi connectivity index (χ4v) is 12.0. The molecule has 0 saturated heterocycles. The van der Waals surface area contributed by atoms with Crippen LogP contribution >= 0.6 is 0 Å². The summed E-state index contributed by atoms with van der Waals surface area (Å²) in [5.74, 6) is 0.552. The van der Waals surface area contributed by atoms with E-state index in [1.165, 1.54) is 18.8 Å². The first kappa shape index (κ1) is 33.2. The fraction of sp³-hybridized carbons (Fsp3) is 0.700. The Bertz CT molecular complexity index is 1470. The number of hydrogen-bond donors (Lipinski definition) is 2.